The van der Waals surface area contributed by atoms with E-state index >= 15 is 0 Å². The molecule has 0 rings (SSSR count). The van der Waals surface area contributed by atoms with Gasteiger partial charge in [0, 0.05) is 6.54 Å². The summed E-state index contributed by atoms with van der Waals surface area (Å²) in [7, 11) is 0. The molecule has 0 aliphatic rings. The first-order valence-electron chi connectivity index (χ1n) is 2.79. The minimum absolute atomic E-state index is 0.699. The minimum Gasteiger partial charge on any atom is -0.267 e. The Morgan fingerprint density at radius 3 is 2.62 bits per heavy atom. The van der Waals surface area contributed by atoms with E-state index < -0.39 is 0 Å². The predicted molar refractivity (Wildman–Crippen MR) is 44.6 cm³/mol. The zero-order valence-electron chi connectivity index (χ0n) is 5.09. The zero-order chi connectivity index (χ0) is 6.41. The van der Waals surface area contributed by atoms with E-state index in [1.807, 2.05) is 0 Å². The third kappa shape index (κ3) is 4.81. The van der Waals surface area contributed by atoms with Crippen LogP contribution in [0.4, 0.5) is 0 Å². The van der Waals surface area contributed by atoms with Crippen LogP contribution in [-0.4, -0.2) is 12.3 Å². The van der Waals surface area contributed by atoms with Gasteiger partial charge in [-0.1, -0.05) is 19.7 Å². The van der Waals surface area contributed by atoms with Crippen LogP contribution in [-0.2, 0) is 0 Å². The molecule has 0 aromatic carbocycles. The first-order chi connectivity index (χ1) is 3.81. The van der Waals surface area contributed by atoms with Crippen LogP contribution < -0.4 is 4.72 Å². The molecule has 0 aromatic heterocycles. The maximum absolute atomic E-state index is 4.10. The highest BCUT2D eigenvalue weighted by Gasteiger charge is 1.96. The van der Waals surface area contributed by atoms with Gasteiger partial charge in [0.1, 0.15) is 0 Å². The first-order valence-corrected chi connectivity index (χ1v) is 3.87. The van der Waals surface area contributed by atoms with Crippen molar-refractivity contribution in [1.82, 2.24) is 4.72 Å². The van der Waals surface area contributed by atoms with E-state index in [-0.39, 0.29) is 0 Å². The number of nitrogens with one attached hydrogen (secondary N) is 1. The molecule has 1 N–H and O–H groups in total. The van der Waals surface area contributed by atoms with Gasteiger partial charge in [0.15, 0.2) is 0 Å². The maximum atomic E-state index is 4.10. The SMILES string of the molecule is CC(CCS)CNS. The Balaban J connectivity index is 2.92. The topological polar surface area (TPSA) is 12.0 Å². The molecule has 0 amide bonds. The summed E-state index contributed by atoms with van der Waals surface area (Å²) in [5.41, 5.74) is 0. The van der Waals surface area contributed by atoms with Crippen molar-refractivity contribution < 1.29 is 0 Å². The average Bonchev–Trinajstić information content (AvgIpc) is 1.68. The molecule has 1 atom stereocenters. The van der Waals surface area contributed by atoms with Crippen LogP contribution in [0.1, 0.15) is 13.3 Å². The standard InChI is InChI=1S/C5H13NS2/c1-5(2-3-7)4-6-8/h5-8H,2-4H2,1H3. The van der Waals surface area contributed by atoms with E-state index in [4.69, 9.17) is 0 Å². The molecule has 0 spiro atoms. The lowest BCUT2D eigenvalue weighted by molar-refractivity contribution is 0.565. The van der Waals surface area contributed by atoms with Crippen LogP contribution in [0.3, 0.4) is 0 Å². The molecule has 50 valence electrons. The molecule has 1 nitrogen and oxygen atoms in total. The van der Waals surface area contributed by atoms with Crippen molar-refractivity contribution in [3.8, 4) is 0 Å². The maximum Gasteiger partial charge on any atom is 0.00821 e. The first kappa shape index (κ1) is 8.66. The van der Waals surface area contributed by atoms with Crippen molar-refractivity contribution in [2.24, 2.45) is 5.92 Å². The Bertz CT molecular complexity index is 43.7. The smallest absolute Gasteiger partial charge is 0.00821 e. The van der Waals surface area contributed by atoms with Gasteiger partial charge in [0.05, 0.1) is 0 Å². The fraction of sp³-hybridized carbons (Fsp3) is 1.00. The molecule has 0 aromatic rings. The van der Waals surface area contributed by atoms with Gasteiger partial charge in [0.25, 0.3) is 0 Å². The molecule has 0 saturated heterocycles. The van der Waals surface area contributed by atoms with Gasteiger partial charge < -0.3 is 0 Å². The number of rotatable bonds is 4. The summed E-state index contributed by atoms with van der Waals surface area (Å²) in [6.07, 6.45) is 1.16. The second kappa shape index (κ2) is 5.79. The molecule has 8 heavy (non-hydrogen) atoms. The molecule has 0 aliphatic carbocycles. The predicted octanol–water partition coefficient (Wildman–Crippen LogP) is 1.38. The molecular formula is C5H13NS2. The van der Waals surface area contributed by atoms with Crippen LogP contribution in [0.25, 0.3) is 0 Å². The van der Waals surface area contributed by atoms with E-state index in [1.165, 1.54) is 0 Å². The van der Waals surface area contributed by atoms with Gasteiger partial charge >= 0.3 is 0 Å². The van der Waals surface area contributed by atoms with Crippen molar-refractivity contribution in [1.29, 1.82) is 0 Å². The molecular weight excluding hydrogens is 138 g/mol. The summed E-state index contributed by atoms with van der Waals surface area (Å²) in [4.78, 5) is 0. The summed E-state index contributed by atoms with van der Waals surface area (Å²) in [6, 6.07) is 0. The Labute approximate surface area is 62.2 Å². The third-order valence-electron chi connectivity index (χ3n) is 1.06. The molecule has 0 fully saturated rings. The number of thiol groups is 2. The normalized spacial score (nSPS) is 13.9. The lowest BCUT2D eigenvalue weighted by Gasteiger charge is -2.05. The van der Waals surface area contributed by atoms with Crippen molar-refractivity contribution in [2.75, 3.05) is 12.3 Å². The van der Waals surface area contributed by atoms with Crippen molar-refractivity contribution in [3.05, 3.63) is 0 Å². The highest BCUT2D eigenvalue weighted by atomic mass is 32.1. The van der Waals surface area contributed by atoms with Gasteiger partial charge in [0.2, 0.25) is 0 Å². The van der Waals surface area contributed by atoms with Crippen LogP contribution in [0.5, 0.6) is 0 Å². The highest BCUT2D eigenvalue weighted by molar-refractivity contribution is 7.80. The van der Waals surface area contributed by atoms with Gasteiger partial charge in [-0.05, 0) is 18.1 Å². The van der Waals surface area contributed by atoms with E-state index in [9.17, 15) is 0 Å². The van der Waals surface area contributed by atoms with Gasteiger partial charge in [-0.3, -0.25) is 4.72 Å². The van der Waals surface area contributed by atoms with E-state index in [1.54, 1.807) is 0 Å². The Morgan fingerprint density at radius 2 is 2.25 bits per heavy atom. The van der Waals surface area contributed by atoms with Crippen LogP contribution >= 0.6 is 25.4 Å². The summed E-state index contributed by atoms with van der Waals surface area (Å²) in [5, 5.41) is 0. The molecule has 3 heteroatoms. The lowest BCUT2D eigenvalue weighted by Crippen LogP contribution is -2.11. The van der Waals surface area contributed by atoms with Crippen LogP contribution in [0.15, 0.2) is 0 Å². The van der Waals surface area contributed by atoms with Crippen molar-refractivity contribution in [2.45, 2.75) is 13.3 Å². The monoisotopic (exact) mass is 151 g/mol. The third-order valence-corrected chi connectivity index (χ3v) is 1.50. The molecule has 1 unspecified atom stereocenters. The summed E-state index contributed by atoms with van der Waals surface area (Å²) < 4.78 is 2.81. The van der Waals surface area contributed by atoms with Crippen molar-refractivity contribution >= 4 is 25.4 Å². The Hall–Kier alpha value is 0.660. The number of hydrogen-bond acceptors (Lipinski definition) is 3. The Morgan fingerprint density at radius 1 is 1.62 bits per heavy atom. The Kier molecular flexibility index (Phi) is 6.27. The van der Waals surface area contributed by atoms with Gasteiger partial charge in [-0.2, -0.15) is 12.6 Å². The molecule has 0 heterocycles. The lowest BCUT2D eigenvalue weighted by atomic mass is 10.1. The second-order valence-electron chi connectivity index (χ2n) is 1.98. The molecule has 0 radical (unpaired) electrons. The largest absolute Gasteiger partial charge is 0.267 e. The fourth-order valence-corrected chi connectivity index (χ4v) is 1.23. The second-order valence-corrected chi connectivity index (χ2v) is 2.74. The highest BCUT2D eigenvalue weighted by Crippen LogP contribution is 2.00. The molecule has 0 aliphatic heterocycles. The summed E-state index contributed by atoms with van der Waals surface area (Å²) in [5.74, 6) is 1.67. The van der Waals surface area contributed by atoms with Crippen molar-refractivity contribution in [3.63, 3.8) is 0 Å². The van der Waals surface area contributed by atoms with E-state index in [0.717, 1.165) is 18.7 Å². The minimum atomic E-state index is 0.699. The fourth-order valence-electron chi connectivity index (χ4n) is 0.478. The zero-order valence-corrected chi connectivity index (χ0v) is 6.88. The number of hydrogen-bond donors (Lipinski definition) is 3. The van der Waals surface area contributed by atoms with Crippen LogP contribution in [0.2, 0.25) is 0 Å². The van der Waals surface area contributed by atoms with Crippen LogP contribution in [0, 0.1) is 5.92 Å². The van der Waals surface area contributed by atoms with E-state index in [0.29, 0.717) is 5.92 Å². The van der Waals surface area contributed by atoms with E-state index in [2.05, 4.69) is 37.1 Å². The quantitative estimate of drug-likeness (QED) is 0.516. The summed E-state index contributed by atoms with van der Waals surface area (Å²) >= 11 is 7.98. The van der Waals surface area contributed by atoms with Gasteiger partial charge in [-0.15, -0.1) is 0 Å². The molecule has 0 saturated carbocycles. The molecule has 0 bridgehead atoms. The van der Waals surface area contributed by atoms with Gasteiger partial charge in [-0.25, -0.2) is 0 Å². The summed E-state index contributed by atoms with van der Waals surface area (Å²) in [6.45, 7) is 3.16. The average molecular weight is 151 g/mol.